The Morgan fingerprint density at radius 3 is 3.08 bits per heavy atom. The summed E-state index contributed by atoms with van der Waals surface area (Å²) in [5.41, 5.74) is 0.361. The minimum atomic E-state index is -0.325. The van der Waals surface area contributed by atoms with Crippen molar-refractivity contribution in [2.45, 2.75) is 6.54 Å². The Morgan fingerprint density at radius 2 is 2.46 bits per heavy atom. The van der Waals surface area contributed by atoms with Crippen molar-refractivity contribution in [1.82, 2.24) is 15.6 Å². The van der Waals surface area contributed by atoms with Crippen LogP contribution in [0.3, 0.4) is 0 Å². The number of hydrogen-bond donors (Lipinski definition) is 2. The molecular formula is C8H10FN3S. The highest BCUT2D eigenvalue weighted by Crippen LogP contribution is 2.00. The van der Waals surface area contributed by atoms with E-state index in [4.69, 9.17) is 12.2 Å². The van der Waals surface area contributed by atoms with Crippen LogP contribution in [0.25, 0.3) is 0 Å². The normalized spacial score (nSPS) is 9.38. The van der Waals surface area contributed by atoms with Gasteiger partial charge in [0.2, 0.25) is 0 Å². The molecular weight excluding hydrogens is 189 g/mol. The van der Waals surface area contributed by atoms with Crippen molar-refractivity contribution in [1.29, 1.82) is 0 Å². The smallest absolute Gasteiger partial charge is 0.166 e. The van der Waals surface area contributed by atoms with Crippen molar-refractivity contribution in [3.8, 4) is 0 Å². The molecule has 1 rings (SSSR count). The van der Waals surface area contributed by atoms with E-state index >= 15 is 0 Å². The first-order valence-corrected chi connectivity index (χ1v) is 4.20. The van der Waals surface area contributed by atoms with Gasteiger partial charge in [0.15, 0.2) is 5.11 Å². The second-order valence-electron chi connectivity index (χ2n) is 2.36. The molecule has 70 valence electrons. The summed E-state index contributed by atoms with van der Waals surface area (Å²) in [4.78, 5) is 3.86. The van der Waals surface area contributed by atoms with E-state index in [1.807, 2.05) is 0 Å². The van der Waals surface area contributed by atoms with E-state index in [1.54, 1.807) is 19.3 Å². The van der Waals surface area contributed by atoms with Crippen LogP contribution in [0.4, 0.5) is 4.39 Å². The van der Waals surface area contributed by atoms with E-state index in [0.29, 0.717) is 17.4 Å². The Morgan fingerprint density at radius 1 is 1.69 bits per heavy atom. The van der Waals surface area contributed by atoms with Crippen LogP contribution in [-0.2, 0) is 6.54 Å². The van der Waals surface area contributed by atoms with Crippen LogP contribution >= 0.6 is 12.2 Å². The van der Waals surface area contributed by atoms with E-state index in [0.717, 1.165) is 0 Å². The molecule has 0 aliphatic heterocycles. The predicted octanol–water partition coefficient (Wildman–Crippen LogP) is 0.815. The highest BCUT2D eigenvalue weighted by atomic mass is 32.1. The van der Waals surface area contributed by atoms with Gasteiger partial charge in [-0.2, -0.15) is 0 Å². The van der Waals surface area contributed by atoms with Crippen LogP contribution in [-0.4, -0.2) is 17.1 Å². The SMILES string of the molecule is CNC(=S)NCc1ncccc1F. The summed E-state index contributed by atoms with van der Waals surface area (Å²) in [7, 11) is 1.70. The molecule has 0 bridgehead atoms. The van der Waals surface area contributed by atoms with Crippen molar-refractivity contribution in [3.05, 3.63) is 29.8 Å². The largest absolute Gasteiger partial charge is 0.366 e. The van der Waals surface area contributed by atoms with Crippen LogP contribution in [0.5, 0.6) is 0 Å². The molecule has 1 heterocycles. The van der Waals surface area contributed by atoms with Crippen LogP contribution in [0.2, 0.25) is 0 Å². The Bertz CT molecular complexity index is 303. The van der Waals surface area contributed by atoms with Gasteiger partial charge in [-0.3, -0.25) is 4.98 Å². The molecule has 0 saturated heterocycles. The maximum atomic E-state index is 13.0. The lowest BCUT2D eigenvalue weighted by Crippen LogP contribution is -2.32. The van der Waals surface area contributed by atoms with Crippen LogP contribution in [0.15, 0.2) is 18.3 Å². The fourth-order valence-corrected chi connectivity index (χ4v) is 0.873. The molecule has 0 amide bonds. The zero-order chi connectivity index (χ0) is 9.68. The minimum absolute atomic E-state index is 0.298. The van der Waals surface area contributed by atoms with Gasteiger partial charge in [-0.25, -0.2) is 4.39 Å². The number of rotatable bonds is 2. The van der Waals surface area contributed by atoms with Gasteiger partial charge in [-0.1, -0.05) is 0 Å². The van der Waals surface area contributed by atoms with Crippen LogP contribution in [0, 0.1) is 5.82 Å². The third-order valence-corrected chi connectivity index (χ3v) is 1.83. The topological polar surface area (TPSA) is 37.0 Å². The first-order valence-electron chi connectivity index (χ1n) is 3.79. The number of hydrogen-bond acceptors (Lipinski definition) is 2. The van der Waals surface area contributed by atoms with Gasteiger partial charge in [0.05, 0.1) is 12.2 Å². The summed E-state index contributed by atoms with van der Waals surface area (Å²) < 4.78 is 13.0. The molecule has 0 saturated carbocycles. The third-order valence-electron chi connectivity index (χ3n) is 1.48. The highest BCUT2D eigenvalue weighted by Gasteiger charge is 2.01. The second-order valence-corrected chi connectivity index (χ2v) is 2.77. The van der Waals surface area contributed by atoms with E-state index in [2.05, 4.69) is 15.6 Å². The number of aromatic nitrogens is 1. The van der Waals surface area contributed by atoms with Gasteiger partial charge < -0.3 is 10.6 Å². The maximum Gasteiger partial charge on any atom is 0.166 e. The van der Waals surface area contributed by atoms with Gasteiger partial charge in [0, 0.05) is 13.2 Å². The van der Waals surface area contributed by atoms with Gasteiger partial charge in [-0.15, -0.1) is 0 Å². The van der Waals surface area contributed by atoms with Crippen LogP contribution in [0.1, 0.15) is 5.69 Å². The Hall–Kier alpha value is -1.23. The summed E-state index contributed by atoms with van der Waals surface area (Å²) in [6.45, 7) is 0.298. The van der Waals surface area contributed by atoms with Gasteiger partial charge in [0.25, 0.3) is 0 Å². The Labute approximate surface area is 81.4 Å². The summed E-state index contributed by atoms with van der Waals surface area (Å²) in [6, 6.07) is 2.92. The molecule has 5 heteroatoms. The predicted molar refractivity (Wildman–Crippen MR) is 52.7 cm³/mol. The number of nitrogens with zero attached hydrogens (tertiary/aromatic N) is 1. The number of halogens is 1. The first kappa shape index (κ1) is 9.85. The van der Waals surface area contributed by atoms with E-state index in [1.165, 1.54) is 6.07 Å². The summed E-state index contributed by atoms with van der Waals surface area (Å²) >= 11 is 4.83. The minimum Gasteiger partial charge on any atom is -0.366 e. The molecule has 0 aromatic carbocycles. The second kappa shape index (κ2) is 4.71. The molecule has 3 nitrogen and oxygen atoms in total. The van der Waals surface area contributed by atoms with Crippen molar-refractivity contribution in [3.63, 3.8) is 0 Å². The molecule has 0 aliphatic rings. The lowest BCUT2D eigenvalue weighted by molar-refractivity contribution is 0.594. The Kier molecular flexibility index (Phi) is 3.57. The molecule has 0 spiro atoms. The van der Waals surface area contributed by atoms with Gasteiger partial charge >= 0.3 is 0 Å². The summed E-state index contributed by atoms with van der Waals surface area (Å²) in [5.74, 6) is -0.325. The molecule has 0 unspecified atom stereocenters. The molecule has 1 aromatic rings. The lowest BCUT2D eigenvalue weighted by Gasteiger charge is -2.06. The van der Waals surface area contributed by atoms with Crippen LogP contribution < -0.4 is 10.6 Å². The van der Waals surface area contributed by atoms with E-state index in [-0.39, 0.29) is 5.82 Å². The molecule has 0 atom stereocenters. The fraction of sp³-hybridized carbons (Fsp3) is 0.250. The number of thiocarbonyl (C=S) groups is 1. The van der Waals surface area contributed by atoms with Crippen molar-refractivity contribution < 1.29 is 4.39 Å². The number of pyridine rings is 1. The zero-order valence-electron chi connectivity index (χ0n) is 7.17. The molecule has 2 N–H and O–H groups in total. The quantitative estimate of drug-likeness (QED) is 0.691. The molecule has 1 aromatic heterocycles. The lowest BCUT2D eigenvalue weighted by atomic mass is 10.3. The monoisotopic (exact) mass is 199 g/mol. The van der Waals surface area contributed by atoms with Crippen molar-refractivity contribution >= 4 is 17.3 Å². The maximum absolute atomic E-state index is 13.0. The molecule has 13 heavy (non-hydrogen) atoms. The summed E-state index contributed by atoms with van der Waals surface area (Å²) in [5, 5.41) is 6.01. The average molecular weight is 199 g/mol. The van der Waals surface area contributed by atoms with Crippen molar-refractivity contribution in [2.75, 3.05) is 7.05 Å². The number of nitrogens with one attached hydrogen (secondary N) is 2. The first-order chi connectivity index (χ1) is 6.24. The molecule has 0 fully saturated rings. The third kappa shape index (κ3) is 2.95. The fourth-order valence-electron chi connectivity index (χ4n) is 0.801. The Balaban J connectivity index is 2.54. The van der Waals surface area contributed by atoms with E-state index in [9.17, 15) is 4.39 Å². The standard InChI is InChI=1S/C8H10FN3S/c1-10-8(13)12-5-7-6(9)3-2-4-11-7/h2-4H,5H2,1H3,(H2,10,12,13). The van der Waals surface area contributed by atoms with Crippen molar-refractivity contribution in [2.24, 2.45) is 0 Å². The average Bonchev–Trinajstić information content (AvgIpc) is 2.16. The zero-order valence-corrected chi connectivity index (χ0v) is 7.99. The molecule has 0 radical (unpaired) electrons. The highest BCUT2D eigenvalue weighted by molar-refractivity contribution is 7.80. The van der Waals surface area contributed by atoms with Gasteiger partial charge in [-0.05, 0) is 24.4 Å². The van der Waals surface area contributed by atoms with Gasteiger partial charge in [0.1, 0.15) is 5.82 Å². The van der Waals surface area contributed by atoms with E-state index < -0.39 is 0 Å². The summed E-state index contributed by atoms with van der Waals surface area (Å²) in [6.07, 6.45) is 1.54. The molecule has 0 aliphatic carbocycles.